The van der Waals surface area contributed by atoms with Crippen LogP contribution in [0.4, 0.5) is 0 Å². The molecule has 0 aromatic rings. The number of aliphatic hydroxyl groups is 1. The summed E-state index contributed by atoms with van der Waals surface area (Å²) in [5, 5.41) is 31.2. The second-order valence-corrected chi connectivity index (χ2v) is 11.5. The summed E-state index contributed by atoms with van der Waals surface area (Å²) in [7, 11) is 1.27. The number of hydrogen-bond donors (Lipinski definition) is 5. The molecule has 0 bridgehead atoms. The van der Waals surface area contributed by atoms with E-state index in [1.54, 1.807) is 18.2 Å². The molecule has 0 spiro atoms. The Morgan fingerprint density at radius 2 is 1.84 bits per heavy atom. The maximum atomic E-state index is 13.2. The van der Waals surface area contributed by atoms with Gasteiger partial charge in [0.2, 0.25) is 5.91 Å². The lowest BCUT2D eigenvalue weighted by Crippen LogP contribution is -2.70. The Morgan fingerprint density at radius 1 is 1.11 bits per heavy atom. The largest absolute Gasteiger partial charge is 0.480 e. The Kier molecular flexibility index (Phi) is 18.7. The van der Waals surface area contributed by atoms with Crippen LogP contribution in [0, 0.1) is 0 Å². The van der Waals surface area contributed by atoms with Gasteiger partial charge in [-0.1, -0.05) is 68.4 Å². The fourth-order valence-electron chi connectivity index (χ4n) is 4.48. The normalized spacial score (nSPS) is 18.3. The Bertz CT molecular complexity index is 1080. The lowest BCUT2D eigenvalue weighted by atomic mass is 10.1. The van der Waals surface area contributed by atoms with Crippen molar-refractivity contribution in [1.29, 1.82) is 0 Å². The molecule has 246 valence electrons. The predicted octanol–water partition coefficient (Wildman–Crippen LogP) is 2.92. The summed E-state index contributed by atoms with van der Waals surface area (Å²) in [6.45, 7) is 1.39. The standard InChI is InChI=1S/C31H47N3O9S/c1-3-4-5-6-7-8-9-10-11-12-13-14-17-25(24(35)16-15-18-28(39)43-2)44-22-31(32,30(42)33-21-27(37)38)34-23(29(40)41)19-20-26(34)36/h7-8,10-14,17,23-25,35H,3-6,9,15-16,18-22,32H2,1-2H3,(H,33,42)(H,37,38)(H,40,41)/b8-7-,11-10-,13-12-,17-14-/t23-,24-,25-,31-/m0/s1. The van der Waals surface area contributed by atoms with Crippen molar-refractivity contribution in [2.75, 3.05) is 19.4 Å². The van der Waals surface area contributed by atoms with Gasteiger partial charge in [-0.15, -0.1) is 11.8 Å². The van der Waals surface area contributed by atoms with Crippen molar-refractivity contribution in [3.63, 3.8) is 0 Å². The predicted molar refractivity (Wildman–Crippen MR) is 169 cm³/mol. The molecule has 1 heterocycles. The number of nitrogens with two attached hydrogens (primary N) is 1. The number of thioether (sulfide) groups is 1. The first-order valence-electron chi connectivity index (χ1n) is 14.8. The van der Waals surface area contributed by atoms with Gasteiger partial charge in [-0.3, -0.25) is 24.9 Å². The van der Waals surface area contributed by atoms with Crippen LogP contribution in [0.25, 0.3) is 0 Å². The Hall–Kier alpha value is -3.42. The number of carboxylic acid groups (broad SMARTS) is 2. The first-order chi connectivity index (χ1) is 21.0. The van der Waals surface area contributed by atoms with E-state index in [0.29, 0.717) is 6.42 Å². The van der Waals surface area contributed by atoms with E-state index in [4.69, 9.17) is 10.8 Å². The van der Waals surface area contributed by atoms with E-state index in [1.165, 1.54) is 26.4 Å². The minimum atomic E-state index is -2.21. The third-order valence-electron chi connectivity index (χ3n) is 6.89. The van der Waals surface area contributed by atoms with Crippen LogP contribution in [0.1, 0.15) is 71.1 Å². The van der Waals surface area contributed by atoms with E-state index in [0.717, 1.165) is 29.5 Å². The Morgan fingerprint density at radius 3 is 2.50 bits per heavy atom. The van der Waals surface area contributed by atoms with E-state index >= 15 is 0 Å². The highest BCUT2D eigenvalue weighted by Crippen LogP contribution is 2.31. The van der Waals surface area contributed by atoms with Crippen molar-refractivity contribution in [2.24, 2.45) is 5.73 Å². The first kappa shape index (κ1) is 38.6. The fourth-order valence-corrected chi connectivity index (χ4v) is 5.75. The third-order valence-corrected chi connectivity index (χ3v) is 8.35. The van der Waals surface area contributed by atoms with E-state index < -0.39 is 59.3 Å². The maximum Gasteiger partial charge on any atom is 0.326 e. The number of hydrogen-bond acceptors (Lipinski definition) is 9. The quantitative estimate of drug-likeness (QED) is 0.0507. The molecule has 0 aliphatic carbocycles. The van der Waals surface area contributed by atoms with Crippen molar-refractivity contribution in [3.05, 3.63) is 48.6 Å². The molecule has 1 aliphatic rings. The number of aliphatic hydroxyl groups excluding tert-OH is 1. The summed E-state index contributed by atoms with van der Waals surface area (Å²) >= 11 is 1.02. The van der Waals surface area contributed by atoms with E-state index in [2.05, 4.69) is 29.1 Å². The molecule has 13 heteroatoms. The average Bonchev–Trinajstić information content (AvgIpc) is 3.39. The number of nitrogens with one attached hydrogen (secondary N) is 1. The molecular weight excluding hydrogens is 590 g/mol. The molecule has 2 amide bonds. The van der Waals surface area contributed by atoms with E-state index in [1.807, 2.05) is 18.2 Å². The van der Waals surface area contributed by atoms with Crippen LogP contribution in [0.3, 0.4) is 0 Å². The van der Waals surface area contributed by atoms with Crippen molar-refractivity contribution in [1.82, 2.24) is 10.2 Å². The molecule has 6 N–H and O–H groups in total. The molecule has 1 rings (SSSR count). The van der Waals surface area contributed by atoms with Crippen LogP contribution in [0.2, 0.25) is 0 Å². The molecule has 4 atom stereocenters. The summed E-state index contributed by atoms with van der Waals surface area (Å²) in [5.74, 6) is -5.13. The van der Waals surface area contributed by atoms with Crippen LogP contribution < -0.4 is 11.1 Å². The zero-order valence-electron chi connectivity index (χ0n) is 25.6. The number of carbonyl (C=O) groups is 5. The maximum absolute atomic E-state index is 13.2. The van der Waals surface area contributed by atoms with Crippen molar-refractivity contribution in [2.45, 2.75) is 94.2 Å². The molecule has 12 nitrogen and oxygen atoms in total. The average molecular weight is 638 g/mol. The number of likely N-dealkylation sites (tertiary alicyclic amines) is 1. The Labute approximate surface area is 263 Å². The molecule has 1 aliphatic heterocycles. The lowest BCUT2D eigenvalue weighted by molar-refractivity contribution is -0.155. The summed E-state index contributed by atoms with van der Waals surface area (Å²) in [6, 6.07) is -1.37. The van der Waals surface area contributed by atoms with Crippen LogP contribution in [-0.2, 0) is 28.7 Å². The SMILES string of the molecule is CCCCC/C=C\C\C=C/C=C\C=C/[C@H](SC[C@@](N)(C(=O)NCC(=O)O)N1C(=O)CC[C@H]1C(=O)O)[C@@H](O)CCCC(=O)OC. The first-order valence-corrected chi connectivity index (χ1v) is 15.9. The summed E-state index contributed by atoms with van der Waals surface area (Å²) in [5.41, 5.74) is 4.24. The number of aliphatic carboxylic acids is 2. The van der Waals surface area contributed by atoms with Crippen molar-refractivity contribution in [3.8, 4) is 0 Å². The van der Waals surface area contributed by atoms with Crippen LogP contribution in [0.5, 0.6) is 0 Å². The zero-order valence-corrected chi connectivity index (χ0v) is 26.4. The van der Waals surface area contributed by atoms with Gasteiger partial charge < -0.3 is 30.3 Å². The number of nitrogens with zero attached hydrogens (tertiary/aromatic N) is 1. The summed E-state index contributed by atoms with van der Waals surface area (Å²) in [4.78, 5) is 61.2. The van der Waals surface area contributed by atoms with Crippen molar-refractivity contribution >= 4 is 41.5 Å². The van der Waals surface area contributed by atoms with Gasteiger partial charge in [0.1, 0.15) is 12.6 Å². The molecule has 44 heavy (non-hydrogen) atoms. The number of rotatable bonds is 22. The molecule has 0 saturated carbocycles. The highest BCUT2D eigenvalue weighted by atomic mass is 32.2. The zero-order chi connectivity index (χ0) is 33.0. The number of allylic oxidation sites excluding steroid dienone is 7. The fraction of sp³-hybridized carbons (Fsp3) is 0.581. The van der Waals surface area contributed by atoms with Crippen molar-refractivity contribution < 1.29 is 44.0 Å². The number of ether oxygens (including phenoxy) is 1. The third kappa shape index (κ3) is 13.9. The number of unbranched alkanes of at least 4 members (excludes halogenated alkanes) is 3. The van der Waals surface area contributed by atoms with Crippen LogP contribution in [0.15, 0.2) is 48.6 Å². The molecule has 1 fully saturated rings. The smallest absolute Gasteiger partial charge is 0.326 e. The lowest BCUT2D eigenvalue weighted by Gasteiger charge is -2.39. The molecule has 0 aromatic carbocycles. The van der Waals surface area contributed by atoms with Crippen LogP contribution in [-0.4, -0.2) is 92.4 Å². The number of amides is 2. The van der Waals surface area contributed by atoms with Gasteiger partial charge in [0.15, 0.2) is 5.66 Å². The summed E-state index contributed by atoms with van der Waals surface area (Å²) < 4.78 is 4.65. The molecule has 1 saturated heterocycles. The van der Waals surface area contributed by atoms with E-state index in [9.17, 15) is 34.2 Å². The topological polar surface area (TPSA) is 197 Å². The second kappa shape index (κ2) is 21.3. The second-order valence-electron chi connectivity index (χ2n) is 10.4. The number of carbonyl (C=O) groups excluding carboxylic acids is 3. The van der Waals surface area contributed by atoms with Gasteiger partial charge in [0.25, 0.3) is 5.91 Å². The minimum absolute atomic E-state index is 0.0591. The van der Waals surface area contributed by atoms with E-state index in [-0.39, 0.29) is 31.4 Å². The molecule has 0 radical (unpaired) electrons. The number of carboxylic acids is 2. The highest BCUT2D eigenvalue weighted by Gasteiger charge is 2.51. The van der Waals surface area contributed by atoms with Gasteiger partial charge in [-0.25, -0.2) is 4.79 Å². The molecule has 0 aromatic heterocycles. The monoisotopic (exact) mass is 637 g/mol. The van der Waals surface area contributed by atoms with Gasteiger partial charge in [-0.2, -0.15) is 0 Å². The summed E-state index contributed by atoms with van der Waals surface area (Å²) in [6.07, 6.45) is 20.0. The van der Waals surface area contributed by atoms with Gasteiger partial charge in [0.05, 0.1) is 13.2 Å². The highest BCUT2D eigenvalue weighted by molar-refractivity contribution is 8.00. The molecule has 0 unspecified atom stereocenters. The number of esters is 1. The minimum Gasteiger partial charge on any atom is -0.480 e. The van der Waals surface area contributed by atoms with Gasteiger partial charge >= 0.3 is 17.9 Å². The Balaban J connectivity index is 3.09. The van der Waals surface area contributed by atoms with Gasteiger partial charge in [0, 0.05) is 23.8 Å². The van der Waals surface area contributed by atoms with Gasteiger partial charge in [-0.05, 0) is 38.5 Å². The molecular formula is C31H47N3O9S. The number of methoxy groups -OCH3 is 1. The van der Waals surface area contributed by atoms with Crippen LogP contribution >= 0.6 is 11.8 Å².